The second-order valence-corrected chi connectivity index (χ2v) is 6.63. The molecule has 0 bridgehead atoms. The smallest absolute Gasteiger partial charge is 0.232 e. The van der Waals surface area contributed by atoms with Crippen molar-refractivity contribution in [1.29, 1.82) is 0 Å². The first-order chi connectivity index (χ1) is 9.79. The highest BCUT2D eigenvalue weighted by Crippen LogP contribution is 2.39. The molecule has 0 spiro atoms. The fraction of sp³-hybridized carbons (Fsp3) is 0.571. The van der Waals surface area contributed by atoms with E-state index in [0.717, 1.165) is 25.5 Å². The van der Waals surface area contributed by atoms with E-state index in [4.69, 9.17) is 9.26 Å². The van der Waals surface area contributed by atoms with Crippen LogP contribution in [-0.2, 0) is 11.3 Å². The Kier molecular flexibility index (Phi) is 3.09. The SMILES string of the molecule is Cc1noc([C@@H]2CO[C@H]3CN(Cc4cccs4)C[C@H]32)n1. The van der Waals surface area contributed by atoms with Crippen LogP contribution in [0.3, 0.4) is 0 Å². The molecule has 2 aliphatic rings. The van der Waals surface area contributed by atoms with Crippen LogP contribution in [0.25, 0.3) is 0 Å². The highest BCUT2D eigenvalue weighted by Gasteiger charge is 2.46. The fourth-order valence-corrected chi connectivity index (χ4v) is 4.01. The average molecular weight is 291 g/mol. The molecule has 6 heteroatoms. The standard InChI is InChI=1S/C14H17N3O2S/c1-9-15-14(19-16-9)12-8-18-13-7-17(6-11(12)13)5-10-3-2-4-20-10/h2-4,11-13H,5-8H2,1H3/t11-,12+,13-/m0/s1. The van der Waals surface area contributed by atoms with Crippen molar-refractivity contribution < 1.29 is 9.26 Å². The van der Waals surface area contributed by atoms with Gasteiger partial charge in [0.05, 0.1) is 18.6 Å². The molecule has 0 radical (unpaired) electrons. The molecule has 2 saturated heterocycles. The summed E-state index contributed by atoms with van der Waals surface area (Å²) in [5.74, 6) is 2.19. The first-order valence-electron chi connectivity index (χ1n) is 6.96. The molecule has 20 heavy (non-hydrogen) atoms. The summed E-state index contributed by atoms with van der Waals surface area (Å²) < 4.78 is 11.3. The Labute approximate surface area is 121 Å². The summed E-state index contributed by atoms with van der Waals surface area (Å²) in [5, 5.41) is 6.03. The lowest BCUT2D eigenvalue weighted by Gasteiger charge is -2.17. The number of rotatable bonds is 3. The van der Waals surface area contributed by atoms with Crippen LogP contribution in [-0.4, -0.2) is 40.8 Å². The van der Waals surface area contributed by atoms with Crippen LogP contribution < -0.4 is 0 Å². The van der Waals surface area contributed by atoms with Crippen LogP contribution in [0.1, 0.15) is 22.5 Å². The molecule has 0 aliphatic carbocycles. The molecule has 4 heterocycles. The van der Waals surface area contributed by atoms with Crippen molar-refractivity contribution in [3.8, 4) is 0 Å². The molecular weight excluding hydrogens is 274 g/mol. The Morgan fingerprint density at radius 2 is 2.40 bits per heavy atom. The van der Waals surface area contributed by atoms with Crippen molar-refractivity contribution in [1.82, 2.24) is 15.0 Å². The first-order valence-corrected chi connectivity index (χ1v) is 7.84. The van der Waals surface area contributed by atoms with E-state index < -0.39 is 0 Å². The van der Waals surface area contributed by atoms with Gasteiger partial charge in [-0.15, -0.1) is 11.3 Å². The molecule has 2 fully saturated rings. The summed E-state index contributed by atoms with van der Waals surface area (Å²) in [5.41, 5.74) is 0. The number of likely N-dealkylation sites (tertiary alicyclic amines) is 1. The van der Waals surface area contributed by atoms with Crippen molar-refractivity contribution >= 4 is 11.3 Å². The van der Waals surface area contributed by atoms with E-state index in [1.54, 1.807) is 0 Å². The van der Waals surface area contributed by atoms with Crippen molar-refractivity contribution in [2.75, 3.05) is 19.7 Å². The largest absolute Gasteiger partial charge is 0.376 e. The summed E-state index contributed by atoms with van der Waals surface area (Å²) in [6, 6.07) is 4.30. The highest BCUT2D eigenvalue weighted by molar-refractivity contribution is 7.09. The van der Waals surface area contributed by atoms with Crippen LogP contribution in [0.4, 0.5) is 0 Å². The van der Waals surface area contributed by atoms with Crippen LogP contribution in [0.5, 0.6) is 0 Å². The van der Waals surface area contributed by atoms with Gasteiger partial charge in [0, 0.05) is 30.4 Å². The Morgan fingerprint density at radius 1 is 1.45 bits per heavy atom. The number of ether oxygens (including phenoxy) is 1. The van der Waals surface area contributed by atoms with E-state index in [-0.39, 0.29) is 5.92 Å². The summed E-state index contributed by atoms with van der Waals surface area (Å²) >= 11 is 1.82. The third-order valence-corrected chi connectivity index (χ3v) is 5.07. The molecule has 3 atom stereocenters. The molecular formula is C14H17N3O2S. The first kappa shape index (κ1) is 12.5. The number of thiophene rings is 1. The maximum absolute atomic E-state index is 5.94. The lowest BCUT2D eigenvalue weighted by Crippen LogP contribution is -2.23. The van der Waals surface area contributed by atoms with E-state index >= 15 is 0 Å². The van der Waals surface area contributed by atoms with Gasteiger partial charge in [-0.1, -0.05) is 11.2 Å². The van der Waals surface area contributed by atoms with Gasteiger partial charge in [-0.3, -0.25) is 4.90 Å². The summed E-state index contributed by atoms with van der Waals surface area (Å²) in [7, 11) is 0. The molecule has 4 rings (SSSR count). The predicted molar refractivity (Wildman–Crippen MR) is 74.6 cm³/mol. The molecule has 0 aromatic carbocycles. The van der Waals surface area contributed by atoms with Gasteiger partial charge in [-0.2, -0.15) is 4.98 Å². The lowest BCUT2D eigenvalue weighted by atomic mass is 9.93. The summed E-state index contributed by atoms with van der Waals surface area (Å²) in [6.07, 6.45) is 0.312. The Morgan fingerprint density at radius 3 is 3.15 bits per heavy atom. The van der Waals surface area contributed by atoms with Crippen molar-refractivity contribution in [2.24, 2.45) is 5.92 Å². The molecule has 0 N–H and O–H groups in total. The van der Waals surface area contributed by atoms with E-state index in [0.29, 0.717) is 24.5 Å². The maximum atomic E-state index is 5.94. The number of fused-ring (bicyclic) bond motifs is 1. The van der Waals surface area contributed by atoms with Crippen LogP contribution >= 0.6 is 11.3 Å². The fourth-order valence-electron chi connectivity index (χ4n) is 3.26. The number of hydrogen-bond donors (Lipinski definition) is 0. The van der Waals surface area contributed by atoms with Gasteiger partial charge in [0.15, 0.2) is 5.82 Å². The van der Waals surface area contributed by atoms with Crippen molar-refractivity contribution in [2.45, 2.75) is 25.5 Å². The second kappa shape index (κ2) is 4.95. The summed E-state index contributed by atoms with van der Waals surface area (Å²) in [4.78, 5) is 8.26. The van der Waals surface area contributed by atoms with Crippen molar-refractivity contribution in [3.63, 3.8) is 0 Å². The van der Waals surface area contributed by atoms with E-state index in [1.165, 1.54) is 4.88 Å². The van der Waals surface area contributed by atoms with E-state index in [2.05, 4.69) is 32.6 Å². The van der Waals surface area contributed by atoms with Crippen LogP contribution in [0.15, 0.2) is 22.0 Å². The van der Waals surface area contributed by atoms with Gasteiger partial charge in [0.1, 0.15) is 0 Å². The lowest BCUT2D eigenvalue weighted by molar-refractivity contribution is 0.0959. The maximum Gasteiger partial charge on any atom is 0.232 e. The van der Waals surface area contributed by atoms with E-state index in [9.17, 15) is 0 Å². The van der Waals surface area contributed by atoms with Gasteiger partial charge >= 0.3 is 0 Å². The molecule has 2 aromatic rings. The normalized spacial score (nSPS) is 29.9. The predicted octanol–water partition coefficient (Wildman–Crippen LogP) is 2.05. The van der Waals surface area contributed by atoms with Crippen molar-refractivity contribution in [3.05, 3.63) is 34.1 Å². The zero-order valence-electron chi connectivity index (χ0n) is 11.4. The molecule has 0 unspecified atom stereocenters. The average Bonchev–Trinajstić information content (AvgIpc) is 3.13. The van der Waals surface area contributed by atoms with Gasteiger partial charge in [0.25, 0.3) is 0 Å². The second-order valence-electron chi connectivity index (χ2n) is 5.60. The molecule has 0 saturated carbocycles. The topological polar surface area (TPSA) is 51.4 Å². The molecule has 2 aliphatic heterocycles. The monoisotopic (exact) mass is 291 g/mol. The minimum atomic E-state index is 0.259. The Balaban J connectivity index is 1.46. The minimum Gasteiger partial charge on any atom is -0.376 e. The molecule has 2 aromatic heterocycles. The quantitative estimate of drug-likeness (QED) is 0.866. The van der Waals surface area contributed by atoms with Crippen LogP contribution in [0.2, 0.25) is 0 Å². The Hall–Kier alpha value is -1.24. The summed E-state index contributed by atoms with van der Waals surface area (Å²) in [6.45, 7) is 5.65. The highest BCUT2D eigenvalue weighted by atomic mass is 32.1. The molecule has 106 valence electrons. The van der Waals surface area contributed by atoms with E-state index in [1.807, 2.05) is 18.3 Å². The number of nitrogens with zero attached hydrogens (tertiary/aromatic N) is 3. The Bertz CT molecular complexity index is 583. The van der Waals surface area contributed by atoms with Gasteiger partial charge in [0.2, 0.25) is 5.89 Å². The van der Waals surface area contributed by atoms with Gasteiger partial charge in [-0.25, -0.2) is 0 Å². The molecule has 5 nitrogen and oxygen atoms in total. The minimum absolute atomic E-state index is 0.259. The third kappa shape index (κ3) is 2.17. The number of aryl methyl sites for hydroxylation is 1. The zero-order chi connectivity index (χ0) is 13.5. The molecule has 0 amide bonds. The number of hydrogen-bond acceptors (Lipinski definition) is 6. The zero-order valence-corrected chi connectivity index (χ0v) is 12.2. The number of aromatic nitrogens is 2. The van der Waals surface area contributed by atoms with Gasteiger partial charge in [-0.05, 0) is 18.4 Å². The third-order valence-electron chi connectivity index (χ3n) is 4.21. The van der Waals surface area contributed by atoms with Gasteiger partial charge < -0.3 is 9.26 Å². The van der Waals surface area contributed by atoms with Crippen LogP contribution in [0, 0.1) is 12.8 Å².